The van der Waals surface area contributed by atoms with Crippen molar-refractivity contribution in [2.75, 3.05) is 13.1 Å². The molecule has 9 heteroatoms. The standard InChI is InChI=1S/C20H18FN5O3/c21-18-17(9-23-25-18)20(28)26-10-15(11-26)24-19(27)14-4-1-5-16(7-14)29-12-13-3-2-6-22-8-13/h1-9,15H,10-12H2,(H,23,25)(H,24,27). The third kappa shape index (κ3) is 4.23. The van der Waals surface area contributed by atoms with E-state index in [-0.39, 0.29) is 17.5 Å². The molecule has 1 aliphatic rings. The van der Waals surface area contributed by atoms with Crippen LogP contribution < -0.4 is 10.1 Å². The molecule has 0 radical (unpaired) electrons. The lowest BCUT2D eigenvalue weighted by Gasteiger charge is -2.39. The van der Waals surface area contributed by atoms with Crippen LogP contribution in [0.5, 0.6) is 5.75 Å². The number of rotatable bonds is 6. The van der Waals surface area contributed by atoms with Crippen LogP contribution in [-0.2, 0) is 6.61 Å². The number of hydrogen-bond acceptors (Lipinski definition) is 5. The molecule has 1 saturated heterocycles. The van der Waals surface area contributed by atoms with Crippen molar-refractivity contribution in [1.82, 2.24) is 25.4 Å². The van der Waals surface area contributed by atoms with Gasteiger partial charge in [-0.1, -0.05) is 12.1 Å². The number of nitrogens with zero attached hydrogens (tertiary/aromatic N) is 3. The van der Waals surface area contributed by atoms with E-state index in [1.165, 1.54) is 4.90 Å². The molecule has 0 unspecified atom stereocenters. The number of aromatic amines is 1. The van der Waals surface area contributed by atoms with Crippen LogP contribution in [0.4, 0.5) is 4.39 Å². The molecular formula is C20H18FN5O3. The van der Waals surface area contributed by atoms with Crippen molar-refractivity contribution in [3.63, 3.8) is 0 Å². The Kier molecular flexibility index (Phi) is 5.19. The van der Waals surface area contributed by atoms with Gasteiger partial charge in [0.25, 0.3) is 11.8 Å². The Balaban J connectivity index is 1.29. The number of carbonyl (C=O) groups excluding carboxylic acids is 2. The van der Waals surface area contributed by atoms with Gasteiger partial charge in [0.05, 0.1) is 12.2 Å². The van der Waals surface area contributed by atoms with Gasteiger partial charge in [-0.3, -0.25) is 19.7 Å². The summed E-state index contributed by atoms with van der Waals surface area (Å²) in [6.07, 6.45) is 4.56. The summed E-state index contributed by atoms with van der Waals surface area (Å²) in [5, 5.41) is 8.46. The zero-order valence-corrected chi connectivity index (χ0v) is 15.3. The van der Waals surface area contributed by atoms with E-state index in [2.05, 4.69) is 20.5 Å². The Morgan fingerprint density at radius 3 is 2.83 bits per heavy atom. The number of aromatic nitrogens is 3. The monoisotopic (exact) mass is 395 g/mol. The van der Waals surface area contributed by atoms with E-state index in [0.29, 0.717) is 31.0 Å². The second kappa shape index (κ2) is 8.09. The van der Waals surface area contributed by atoms with E-state index in [1.54, 1.807) is 36.7 Å². The number of halogens is 1. The second-order valence-corrected chi connectivity index (χ2v) is 6.66. The topological polar surface area (TPSA) is 100 Å². The van der Waals surface area contributed by atoms with Gasteiger partial charge in [0, 0.05) is 36.6 Å². The first kappa shape index (κ1) is 18.6. The first-order valence-electron chi connectivity index (χ1n) is 9.01. The molecule has 0 aliphatic carbocycles. The summed E-state index contributed by atoms with van der Waals surface area (Å²) >= 11 is 0. The van der Waals surface area contributed by atoms with E-state index in [1.807, 2.05) is 12.1 Å². The molecule has 2 amide bonds. The zero-order chi connectivity index (χ0) is 20.2. The van der Waals surface area contributed by atoms with Crippen LogP contribution in [0.15, 0.2) is 55.0 Å². The molecule has 0 bridgehead atoms. The van der Waals surface area contributed by atoms with E-state index in [4.69, 9.17) is 4.74 Å². The van der Waals surface area contributed by atoms with Crippen molar-refractivity contribution in [1.29, 1.82) is 0 Å². The molecule has 0 spiro atoms. The normalized spacial score (nSPS) is 13.6. The summed E-state index contributed by atoms with van der Waals surface area (Å²) in [7, 11) is 0. The number of nitrogens with one attached hydrogen (secondary N) is 2. The maximum atomic E-state index is 13.4. The SMILES string of the molecule is O=C(NC1CN(C(=O)c2cn[nH]c2F)C1)c1cccc(OCc2cccnc2)c1. The van der Waals surface area contributed by atoms with Crippen molar-refractivity contribution >= 4 is 11.8 Å². The van der Waals surface area contributed by atoms with Gasteiger partial charge in [-0.25, -0.2) is 0 Å². The summed E-state index contributed by atoms with van der Waals surface area (Å²) in [6, 6.07) is 10.4. The van der Waals surface area contributed by atoms with Crippen LogP contribution in [-0.4, -0.2) is 51.0 Å². The lowest BCUT2D eigenvalue weighted by molar-refractivity contribution is 0.0538. The van der Waals surface area contributed by atoms with Crippen LogP contribution in [0, 0.1) is 5.95 Å². The van der Waals surface area contributed by atoms with E-state index >= 15 is 0 Å². The van der Waals surface area contributed by atoms with Crippen molar-refractivity contribution in [3.8, 4) is 5.75 Å². The highest BCUT2D eigenvalue weighted by Crippen LogP contribution is 2.17. The Hall–Kier alpha value is -3.75. The molecule has 4 rings (SSSR count). The molecule has 0 saturated carbocycles. The predicted octanol–water partition coefficient (Wildman–Crippen LogP) is 1.78. The second-order valence-electron chi connectivity index (χ2n) is 6.66. The molecule has 1 aliphatic heterocycles. The number of ether oxygens (including phenoxy) is 1. The molecule has 148 valence electrons. The Morgan fingerprint density at radius 2 is 2.10 bits per heavy atom. The smallest absolute Gasteiger partial charge is 0.260 e. The van der Waals surface area contributed by atoms with Gasteiger partial charge in [-0.15, -0.1) is 0 Å². The van der Waals surface area contributed by atoms with Gasteiger partial charge >= 0.3 is 0 Å². The quantitative estimate of drug-likeness (QED) is 0.663. The summed E-state index contributed by atoms with van der Waals surface area (Å²) in [5.74, 6) is -0.899. The van der Waals surface area contributed by atoms with Gasteiger partial charge in [0.1, 0.15) is 17.9 Å². The third-order valence-corrected chi connectivity index (χ3v) is 4.55. The Morgan fingerprint density at radius 1 is 1.24 bits per heavy atom. The minimum absolute atomic E-state index is 0.103. The molecule has 29 heavy (non-hydrogen) atoms. The fourth-order valence-corrected chi connectivity index (χ4v) is 2.97. The number of likely N-dealkylation sites (tertiary alicyclic amines) is 1. The van der Waals surface area contributed by atoms with Crippen molar-refractivity contribution in [3.05, 3.63) is 77.6 Å². The fourth-order valence-electron chi connectivity index (χ4n) is 2.97. The van der Waals surface area contributed by atoms with Crippen LogP contribution >= 0.6 is 0 Å². The van der Waals surface area contributed by atoms with Crippen LogP contribution in [0.1, 0.15) is 26.3 Å². The minimum Gasteiger partial charge on any atom is -0.489 e. The third-order valence-electron chi connectivity index (χ3n) is 4.55. The molecule has 0 atom stereocenters. The van der Waals surface area contributed by atoms with Gasteiger partial charge in [-0.05, 0) is 24.3 Å². The van der Waals surface area contributed by atoms with E-state index < -0.39 is 11.9 Å². The molecule has 1 aromatic carbocycles. The largest absolute Gasteiger partial charge is 0.489 e. The molecule has 8 nitrogen and oxygen atoms in total. The first-order valence-corrected chi connectivity index (χ1v) is 9.01. The number of H-pyrrole nitrogens is 1. The Labute approximate surface area is 165 Å². The van der Waals surface area contributed by atoms with Crippen LogP contribution in [0.25, 0.3) is 0 Å². The number of amides is 2. The number of benzene rings is 1. The molecule has 3 heterocycles. The van der Waals surface area contributed by atoms with E-state index in [0.717, 1.165) is 11.8 Å². The minimum atomic E-state index is -0.759. The average molecular weight is 395 g/mol. The first-order chi connectivity index (χ1) is 14.1. The molecule has 1 fully saturated rings. The number of carbonyl (C=O) groups is 2. The van der Waals surface area contributed by atoms with Crippen molar-refractivity contribution in [2.24, 2.45) is 0 Å². The summed E-state index contributed by atoms with van der Waals surface area (Å²) in [5.41, 5.74) is 1.28. The summed E-state index contributed by atoms with van der Waals surface area (Å²) in [6.45, 7) is 0.974. The Bertz CT molecular complexity index is 1020. The van der Waals surface area contributed by atoms with Crippen molar-refractivity contribution in [2.45, 2.75) is 12.6 Å². The molecule has 2 N–H and O–H groups in total. The number of pyridine rings is 1. The zero-order valence-electron chi connectivity index (χ0n) is 15.3. The summed E-state index contributed by atoms with van der Waals surface area (Å²) in [4.78, 5) is 30.1. The molecular weight excluding hydrogens is 377 g/mol. The lowest BCUT2D eigenvalue weighted by Crippen LogP contribution is -2.61. The predicted molar refractivity (Wildman–Crippen MR) is 101 cm³/mol. The highest BCUT2D eigenvalue weighted by molar-refractivity contribution is 5.96. The van der Waals surface area contributed by atoms with Gasteiger partial charge in [0.2, 0.25) is 5.95 Å². The van der Waals surface area contributed by atoms with Gasteiger partial charge < -0.3 is 15.0 Å². The van der Waals surface area contributed by atoms with Crippen LogP contribution in [0.2, 0.25) is 0 Å². The molecule has 2 aromatic heterocycles. The summed E-state index contributed by atoms with van der Waals surface area (Å²) < 4.78 is 19.1. The fraction of sp³-hybridized carbons (Fsp3) is 0.200. The van der Waals surface area contributed by atoms with E-state index in [9.17, 15) is 14.0 Å². The van der Waals surface area contributed by atoms with Crippen LogP contribution in [0.3, 0.4) is 0 Å². The maximum Gasteiger partial charge on any atom is 0.260 e. The lowest BCUT2D eigenvalue weighted by atomic mass is 10.1. The van der Waals surface area contributed by atoms with Gasteiger partial charge in [-0.2, -0.15) is 9.49 Å². The maximum absolute atomic E-state index is 13.4. The number of hydrogen-bond donors (Lipinski definition) is 2. The highest BCUT2D eigenvalue weighted by atomic mass is 19.1. The van der Waals surface area contributed by atoms with Crippen molar-refractivity contribution < 1.29 is 18.7 Å². The average Bonchev–Trinajstić information content (AvgIpc) is 3.15. The van der Waals surface area contributed by atoms with Gasteiger partial charge in [0.15, 0.2) is 0 Å². The highest BCUT2D eigenvalue weighted by Gasteiger charge is 2.34. The molecule has 3 aromatic rings.